The molecule has 0 fully saturated rings. The summed E-state index contributed by atoms with van der Waals surface area (Å²) < 4.78 is 2.95. The molecule has 4 rings (SSSR count). The van der Waals surface area contributed by atoms with Gasteiger partial charge in [0.15, 0.2) is 0 Å². The van der Waals surface area contributed by atoms with Crippen LogP contribution in [0.4, 0.5) is 5.69 Å². The average Bonchev–Trinajstić information content (AvgIpc) is 3.25. The average molecular weight is 529 g/mol. The van der Waals surface area contributed by atoms with Crippen LogP contribution in [0, 0.1) is 0 Å². The molecule has 0 radical (unpaired) electrons. The zero-order valence-corrected chi connectivity index (χ0v) is 20.9. The van der Waals surface area contributed by atoms with Crippen LogP contribution in [0.3, 0.4) is 0 Å². The Morgan fingerprint density at radius 2 is 1.88 bits per heavy atom. The van der Waals surface area contributed by atoms with Crippen LogP contribution in [0.1, 0.15) is 11.3 Å². The second-order valence-corrected chi connectivity index (χ2v) is 9.31. The molecule has 0 aliphatic rings. The molecule has 0 amide bonds. The van der Waals surface area contributed by atoms with Gasteiger partial charge in [-0.3, -0.25) is 4.98 Å². The molecule has 9 heteroatoms. The van der Waals surface area contributed by atoms with E-state index in [1.54, 1.807) is 0 Å². The molecule has 2 heterocycles. The Bertz CT molecular complexity index is 1180. The minimum absolute atomic E-state index is 0.700. The molecule has 0 saturated heterocycles. The summed E-state index contributed by atoms with van der Waals surface area (Å²) in [6.45, 7) is 5.03. The molecule has 0 aliphatic carbocycles. The number of aromatic nitrogens is 4. The number of likely N-dealkylation sites (N-methyl/N-ethyl adjacent to an activating group) is 1. The number of benzene rings is 2. The third kappa shape index (κ3) is 6.98. The first-order chi connectivity index (χ1) is 16.1. The molecule has 0 bridgehead atoms. The molecule has 2 aromatic heterocycles. The summed E-state index contributed by atoms with van der Waals surface area (Å²) in [5.74, 6) is 0. The third-order valence-electron chi connectivity index (χ3n) is 5.33. The summed E-state index contributed by atoms with van der Waals surface area (Å²) in [5, 5.41) is 17.2. The molecule has 0 spiro atoms. The van der Waals surface area contributed by atoms with Gasteiger partial charge in [0, 0.05) is 59.5 Å². The fourth-order valence-corrected chi connectivity index (χ4v) is 3.96. The molecule has 172 valence electrons. The number of rotatable bonds is 11. The SMILES string of the molecule is CN(CCNCc1cn(Cc2ccc(Br)cc2)nn1)CCNc1ccnc2cc(Cl)ccc12. The first kappa shape index (κ1) is 23.6. The Morgan fingerprint density at radius 1 is 1.06 bits per heavy atom. The fraction of sp³-hybridized carbons (Fsp3) is 0.292. The molecule has 0 unspecified atom stereocenters. The van der Waals surface area contributed by atoms with E-state index in [4.69, 9.17) is 11.6 Å². The highest BCUT2D eigenvalue weighted by Crippen LogP contribution is 2.24. The van der Waals surface area contributed by atoms with Crippen molar-refractivity contribution in [3.8, 4) is 0 Å². The summed E-state index contributed by atoms with van der Waals surface area (Å²) >= 11 is 9.53. The van der Waals surface area contributed by atoms with Crippen LogP contribution in [0.15, 0.2) is 65.4 Å². The van der Waals surface area contributed by atoms with Crippen LogP contribution < -0.4 is 10.6 Å². The number of fused-ring (bicyclic) bond motifs is 1. The summed E-state index contributed by atoms with van der Waals surface area (Å²) in [6, 6.07) is 16.0. The van der Waals surface area contributed by atoms with Gasteiger partial charge in [0.25, 0.3) is 0 Å². The summed E-state index contributed by atoms with van der Waals surface area (Å²) in [7, 11) is 2.13. The van der Waals surface area contributed by atoms with Crippen molar-refractivity contribution >= 4 is 44.1 Å². The van der Waals surface area contributed by atoms with Crippen molar-refractivity contribution in [3.05, 3.63) is 81.7 Å². The highest BCUT2D eigenvalue weighted by molar-refractivity contribution is 9.10. The zero-order chi connectivity index (χ0) is 23.0. The van der Waals surface area contributed by atoms with Crippen LogP contribution in [0.5, 0.6) is 0 Å². The van der Waals surface area contributed by atoms with Gasteiger partial charge in [0.1, 0.15) is 0 Å². The van der Waals surface area contributed by atoms with E-state index >= 15 is 0 Å². The molecule has 33 heavy (non-hydrogen) atoms. The maximum Gasteiger partial charge on any atom is 0.0964 e. The topological polar surface area (TPSA) is 70.9 Å². The van der Waals surface area contributed by atoms with E-state index < -0.39 is 0 Å². The quantitative estimate of drug-likeness (QED) is 0.281. The Hall–Kier alpha value is -2.52. The number of anilines is 1. The van der Waals surface area contributed by atoms with Gasteiger partial charge >= 0.3 is 0 Å². The van der Waals surface area contributed by atoms with Gasteiger partial charge in [-0.1, -0.05) is 44.9 Å². The molecule has 2 aromatic carbocycles. The van der Waals surface area contributed by atoms with Gasteiger partial charge in [-0.15, -0.1) is 5.10 Å². The van der Waals surface area contributed by atoms with Crippen molar-refractivity contribution < 1.29 is 0 Å². The normalized spacial score (nSPS) is 11.4. The maximum absolute atomic E-state index is 6.07. The van der Waals surface area contributed by atoms with Gasteiger partial charge in [-0.2, -0.15) is 0 Å². The van der Waals surface area contributed by atoms with Crippen molar-refractivity contribution in [1.29, 1.82) is 0 Å². The van der Waals surface area contributed by atoms with Gasteiger partial charge in [0.2, 0.25) is 0 Å². The van der Waals surface area contributed by atoms with Crippen LogP contribution in [0.2, 0.25) is 5.02 Å². The molecular formula is C24H27BrClN7. The Balaban J connectivity index is 1.14. The van der Waals surface area contributed by atoms with E-state index in [1.807, 2.05) is 53.5 Å². The van der Waals surface area contributed by atoms with E-state index in [0.717, 1.165) is 59.5 Å². The number of nitrogens with one attached hydrogen (secondary N) is 2. The second kappa shape index (κ2) is 11.6. The maximum atomic E-state index is 6.07. The van der Waals surface area contributed by atoms with Crippen molar-refractivity contribution in [3.63, 3.8) is 0 Å². The molecular weight excluding hydrogens is 502 g/mol. The fourth-order valence-electron chi connectivity index (χ4n) is 3.53. The largest absolute Gasteiger partial charge is 0.383 e. The van der Waals surface area contributed by atoms with Crippen LogP contribution in [0.25, 0.3) is 10.9 Å². The highest BCUT2D eigenvalue weighted by Gasteiger charge is 2.05. The smallest absolute Gasteiger partial charge is 0.0964 e. The van der Waals surface area contributed by atoms with E-state index in [0.29, 0.717) is 11.6 Å². The predicted molar refractivity (Wildman–Crippen MR) is 138 cm³/mol. The van der Waals surface area contributed by atoms with Crippen molar-refractivity contribution in [2.75, 3.05) is 38.5 Å². The summed E-state index contributed by atoms with van der Waals surface area (Å²) in [6.07, 6.45) is 3.80. The number of pyridine rings is 1. The van der Waals surface area contributed by atoms with E-state index in [-0.39, 0.29) is 0 Å². The number of hydrogen-bond donors (Lipinski definition) is 2. The van der Waals surface area contributed by atoms with Crippen molar-refractivity contribution in [2.24, 2.45) is 0 Å². The van der Waals surface area contributed by atoms with Gasteiger partial charge in [-0.05, 0) is 49.0 Å². The first-order valence-electron chi connectivity index (χ1n) is 10.9. The third-order valence-corrected chi connectivity index (χ3v) is 6.10. The van der Waals surface area contributed by atoms with E-state index in [1.165, 1.54) is 5.56 Å². The number of halogens is 2. The minimum atomic E-state index is 0.700. The highest BCUT2D eigenvalue weighted by atomic mass is 79.9. The van der Waals surface area contributed by atoms with E-state index in [9.17, 15) is 0 Å². The van der Waals surface area contributed by atoms with E-state index in [2.05, 4.69) is 65.9 Å². The lowest BCUT2D eigenvalue weighted by atomic mass is 10.2. The molecule has 0 atom stereocenters. The van der Waals surface area contributed by atoms with Gasteiger partial charge in [0.05, 0.1) is 24.0 Å². The van der Waals surface area contributed by atoms with Gasteiger partial charge in [-0.25, -0.2) is 4.68 Å². The number of nitrogens with zero attached hydrogens (tertiary/aromatic N) is 5. The summed E-state index contributed by atoms with van der Waals surface area (Å²) in [4.78, 5) is 6.69. The van der Waals surface area contributed by atoms with Crippen LogP contribution >= 0.6 is 27.5 Å². The predicted octanol–water partition coefficient (Wildman–Crippen LogP) is 4.42. The number of hydrogen-bond acceptors (Lipinski definition) is 6. The second-order valence-electron chi connectivity index (χ2n) is 7.96. The standard InChI is InChI=1S/C24H27BrClN7/c1-32(13-11-29-23-8-9-28-24-14-20(26)6-7-22(23)24)12-10-27-15-21-17-33(31-30-21)16-18-2-4-19(25)5-3-18/h2-9,14,17,27H,10-13,15-16H2,1H3,(H,28,29). The molecule has 0 saturated carbocycles. The first-order valence-corrected chi connectivity index (χ1v) is 12.0. The van der Waals surface area contributed by atoms with Crippen molar-refractivity contribution in [2.45, 2.75) is 13.1 Å². The lowest BCUT2D eigenvalue weighted by molar-refractivity contribution is 0.343. The lowest BCUT2D eigenvalue weighted by Crippen LogP contribution is -2.32. The lowest BCUT2D eigenvalue weighted by Gasteiger charge is -2.18. The Morgan fingerprint density at radius 3 is 2.73 bits per heavy atom. The molecule has 0 aliphatic heterocycles. The monoisotopic (exact) mass is 527 g/mol. The minimum Gasteiger partial charge on any atom is -0.383 e. The zero-order valence-electron chi connectivity index (χ0n) is 18.5. The molecule has 2 N–H and O–H groups in total. The summed E-state index contributed by atoms with van der Waals surface area (Å²) in [5.41, 5.74) is 4.12. The Labute approximate surface area is 207 Å². The molecule has 7 nitrogen and oxygen atoms in total. The Kier molecular flexibility index (Phi) is 8.28. The van der Waals surface area contributed by atoms with Crippen LogP contribution in [-0.4, -0.2) is 58.1 Å². The van der Waals surface area contributed by atoms with Crippen LogP contribution in [-0.2, 0) is 13.1 Å². The van der Waals surface area contributed by atoms with Gasteiger partial charge < -0.3 is 15.5 Å². The molecule has 4 aromatic rings. The van der Waals surface area contributed by atoms with Crippen molar-refractivity contribution in [1.82, 2.24) is 30.2 Å².